The molecular weight excluding hydrogens is 328 g/mol. The SMILES string of the molecule is CCOC(=O)c1ccc(COc2cc3c(cc2N)CCC3)nc1.Cl. The van der Waals surface area contributed by atoms with Crippen LogP contribution in [0.2, 0.25) is 0 Å². The summed E-state index contributed by atoms with van der Waals surface area (Å²) in [6.45, 7) is 2.43. The van der Waals surface area contributed by atoms with Crippen LogP contribution in [0.25, 0.3) is 0 Å². The number of nitrogen functional groups attached to an aromatic ring is 1. The number of aromatic nitrogens is 1. The number of nitrogens with zero attached hydrogens (tertiary/aromatic N) is 1. The Morgan fingerprint density at radius 3 is 2.67 bits per heavy atom. The zero-order valence-corrected chi connectivity index (χ0v) is 14.4. The minimum absolute atomic E-state index is 0. The third kappa shape index (κ3) is 3.97. The molecule has 0 spiro atoms. The number of anilines is 1. The lowest BCUT2D eigenvalue weighted by molar-refractivity contribution is 0.0526. The summed E-state index contributed by atoms with van der Waals surface area (Å²) in [5, 5.41) is 0. The van der Waals surface area contributed by atoms with Crippen molar-refractivity contribution in [2.75, 3.05) is 12.3 Å². The maximum absolute atomic E-state index is 11.6. The predicted molar refractivity (Wildman–Crippen MR) is 94.7 cm³/mol. The predicted octanol–water partition coefficient (Wildman–Crippen LogP) is 3.33. The van der Waals surface area contributed by atoms with Crippen LogP contribution in [0.4, 0.5) is 5.69 Å². The van der Waals surface area contributed by atoms with Gasteiger partial charge >= 0.3 is 5.97 Å². The molecule has 1 aliphatic carbocycles. The second-order valence-electron chi connectivity index (χ2n) is 5.56. The highest BCUT2D eigenvalue weighted by Crippen LogP contribution is 2.31. The molecule has 0 bridgehead atoms. The van der Waals surface area contributed by atoms with Gasteiger partial charge in [-0.3, -0.25) is 4.98 Å². The van der Waals surface area contributed by atoms with Crippen molar-refractivity contribution in [3.63, 3.8) is 0 Å². The van der Waals surface area contributed by atoms with Gasteiger partial charge in [0.2, 0.25) is 0 Å². The van der Waals surface area contributed by atoms with E-state index >= 15 is 0 Å². The van der Waals surface area contributed by atoms with E-state index in [0.717, 1.165) is 18.5 Å². The Bertz CT molecular complexity index is 717. The molecule has 0 unspecified atom stereocenters. The summed E-state index contributed by atoms with van der Waals surface area (Å²) in [5.74, 6) is 0.331. The second-order valence-corrected chi connectivity index (χ2v) is 5.56. The summed E-state index contributed by atoms with van der Waals surface area (Å²) < 4.78 is 10.7. The van der Waals surface area contributed by atoms with Gasteiger partial charge in [0.1, 0.15) is 12.4 Å². The third-order valence-corrected chi connectivity index (χ3v) is 3.94. The van der Waals surface area contributed by atoms with Crippen molar-refractivity contribution in [3.05, 3.63) is 52.8 Å². The summed E-state index contributed by atoms with van der Waals surface area (Å²) in [6, 6.07) is 7.49. The molecule has 6 heteroatoms. The molecule has 1 aromatic heterocycles. The highest BCUT2D eigenvalue weighted by Gasteiger charge is 2.14. The normalized spacial score (nSPS) is 12.2. The molecule has 0 saturated carbocycles. The maximum Gasteiger partial charge on any atom is 0.339 e. The molecule has 1 aromatic carbocycles. The number of fused-ring (bicyclic) bond motifs is 1. The summed E-state index contributed by atoms with van der Waals surface area (Å²) in [7, 11) is 0. The van der Waals surface area contributed by atoms with Crippen LogP contribution in [0.15, 0.2) is 30.5 Å². The van der Waals surface area contributed by atoms with Crippen molar-refractivity contribution in [2.45, 2.75) is 32.8 Å². The van der Waals surface area contributed by atoms with Gasteiger partial charge in [-0.15, -0.1) is 12.4 Å². The third-order valence-electron chi connectivity index (χ3n) is 3.94. The van der Waals surface area contributed by atoms with E-state index in [9.17, 15) is 4.79 Å². The van der Waals surface area contributed by atoms with E-state index in [0.29, 0.717) is 30.2 Å². The Morgan fingerprint density at radius 1 is 1.25 bits per heavy atom. The number of carbonyl (C=O) groups excluding carboxylic acids is 1. The van der Waals surface area contributed by atoms with Crippen molar-refractivity contribution in [1.29, 1.82) is 0 Å². The number of hydrogen-bond acceptors (Lipinski definition) is 5. The standard InChI is InChI=1S/C18H20N2O3.ClH/c1-2-22-18(21)14-6-7-15(20-10-14)11-23-17-9-13-5-3-4-12(13)8-16(17)19;/h6-10H,2-5,11,19H2,1H3;1H. The van der Waals surface area contributed by atoms with Crippen molar-refractivity contribution >= 4 is 24.1 Å². The molecule has 0 radical (unpaired) electrons. The minimum Gasteiger partial charge on any atom is -0.485 e. The summed E-state index contributed by atoms with van der Waals surface area (Å²) in [6.07, 6.45) is 4.85. The van der Waals surface area contributed by atoms with Crippen molar-refractivity contribution in [1.82, 2.24) is 4.98 Å². The van der Waals surface area contributed by atoms with E-state index < -0.39 is 0 Å². The largest absolute Gasteiger partial charge is 0.485 e. The molecule has 2 aromatic rings. The van der Waals surface area contributed by atoms with Crippen LogP contribution in [0.3, 0.4) is 0 Å². The van der Waals surface area contributed by atoms with E-state index in [1.54, 1.807) is 19.1 Å². The Morgan fingerprint density at radius 2 is 2.00 bits per heavy atom. The molecule has 128 valence electrons. The van der Waals surface area contributed by atoms with Crippen LogP contribution >= 0.6 is 12.4 Å². The number of rotatable bonds is 5. The monoisotopic (exact) mass is 348 g/mol. The molecule has 0 fully saturated rings. The molecule has 0 atom stereocenters. The topological polar surface area (TPSA) is 74.4 Å². The molecule has 1 aliphatic rings. The van der Waals surface area contributed by atoms with Gasteiger partial charge in [0.25, 0.3) is 0 Å². The lowest BCUT2D eigenvalue weighted by Crippen LogP contribution is -2.06. The zero-order valence-electron chi connectivity index (χ0n) is 13.6. The number of carbonyl (C=O) groups is 1. The molecule has 3 rings (SSSR count). The van der Waals surface area contributed by atoms with E-state index in [1.165, 1.54) is 23.7 Å². The summed E-state index contributed by atoms with van der Waals surface area (Å²) >= 11 is 0. The van der Waals surface area contributed by atoms with E-state index in [4.69, 9.17) is 15.2 Å². The number of ether oxygens (including phenoxy) is 2. The van der Waals surface area contributed by atoms with Gasteiger partial charge in [-0.2, -0.15) is 0 Å². The molecule has 0 aliphatic heterocycles. The molecule has 2 N–H and O–H groups in total. The first-order chi connectivity index (χ1) is 11.2. The van der Waals surface area contributed by atoms with Crippen LogP contribution in [0.5, 0.6) is 5.75 Å². The number of nitrogens with two attached hydrogens (primary N) is 1. The lowest BCUT2D eigenvalue weighted by Gasteiger charge is -2.11. The van der Waals surface area contributed by atoms with E-state index in [-0.39, 0.29) is 18.4 Å². The molecule has 0 amide bonds. The quantitative estimate of drug-likeness (QED) is 0.662. The second kappa shape index (κ2) is 8.02. The van der Waals surface area contributed by atoms with Crippen LogP contribution in [0.1, 0.15) is 40.5 Å². The number of pyridine rings is 1. The maximum atomic E-state index is 11.6. The van der Waals surface area contributed by atoms with Gasteiger partial charge in [0, 0.05) is 6.20 Å². The molecular formula is C18H21ClN2O3. The summed E-state index contributed by atoms with van der Waals surface area (Å²) in [5.41, 5.74) is 10.5. The van der Waals surface area contributed by atoms with Crippen molar-refractivity contribution in [2.24, 2.45) is 0 Å². The molecule has 5 nitrogen and oxygen atoms in total. The van der Waals surface area contributed by atoms with Crippen molar-refractivity contribution in [3.8, 4) is 5.75 Å². The highest BCUT2D eigenvalue weighted by atomic mass is 35.5. The van der Waals surface area contributed by atoms with Gasteiger partial charge in [-0.05, 0) is 61.6 Å². The van der Waals surface area contributed by atoms with Gasteiger partial charge < -0.3 is 15.2 Å². The first kappa shape index (κ1) is 18.1. The Kier molecular flexibility index (Phi) is 6.04. The first-order valence-electron chi connectivity index (χ1n) is 7.83. The van der Waals surface area contributed by atoms with Gasteiger partial charge in [-0.1, -0.05) is 0 Å². The average molecular weight is 349 g/mol. The Balaban J connectivity index is 0.00000208. The number of esters is 1. The Labute approximate surface area is 147 Å². The number of aryl methyl sites for hydroxylation is 2. The highest BCUT2D eigenvalue weighted by molar-refractivity contribution is 5.88. The number of benzene rings is 1. The Hall–Kier alpha value is -2.27. The minimum atomic E-state index is -0.365. The van der Waals surface area contributed by atoms with Crippen LogP contribution in [-0.2, 0) is 24.2 Å². The zero-order chi connectivity index (χ0) is 16.2. The first-order valence-corrected chi connectivity index (χ1v) is 7.83. The lowest BCUT2D eigenvalue weighted by atomic mass is 10.1. The van der Waals surface area contributed by atoms with Gasteiger partial charge in [0.05, 0.1) is 23.6 Å². The fourth-order valence-corrected chi connectivity index (χ4v) is 2.74. The van der Waals surface area contributed by atoms with Crippen LogP contribution < -0.4 is 10.5 Å². The summed E-state index contributed by atoms with van der Waals surface area (Å²) in [4.78, 5) is 15.8. The number of hydrogen-bond donors (Lipinski definition) is 1. The average Bonchev–Trinajstić information content (AvgIpc) is 3.00. The van der Waals surface area contributed by atoms with Crippen LogP contribution in [-0.4, -0.2) is 17.6 Å². The van der Waals surface area contributed by atoms with Crippen molar-refractivity contribution < 1.29 is 14.3 Å². The molecule has 24 heavy (non-hydrogen) atoms. The van der Waals surface area contributed by atoms with Gasteiger partial charge in [0.15, 0.2) is 0 Å². The van der Waals surface area contributed by atoms with E-state index in [2.05, 4.69) is 4.98 Å². The van der Waals surface area contributed by atoms with E-state index in [1.807, 2.05) is 12.1 Å². The van der Waals surface area contributed by atoms with Gasteiger partial charge in [-0.25, -0.2) is 4.79 Å². The number of halogens is 1. The fourth-order valence-electron chi connectivity index (χ4n) is 2.74. The molecule has 0 saturated heterocycles. The smallest absolute Gasteiger partial charge is 0.339 e. The van der Waals surface area contributed by atoms with Crippen LogP contribution in [0, 0.1) is 0 Å². The molecule has 1 heterocycles. The fraction of sp³-hybridized carbons (Fsp3) is 0.333.